The van der Waals surface area contributed by atoms with Crippen molar-refractivity contribution in [1.82, 2.24) is 0 Å². The van der Waals surface area contributed by atoms with Crippen LogP contribution in [0.3, 0.4) is 0 Å². The van der Waals surface area contributed by atoms with Crippen LogP contribution in [0, 0.1) is 0 Å². The van der Waals surface area contributed by atoms with E-state index in [4.69, 9.17) is 4.74 Å². The van der Waals surface area contributed by atoms with Crippen LogP contribution in [-0.2, 0) is 31.3 Å². The van der Waals surface area contributed by atoms with Crippen molar-refractivity contribution in [2.45, 2.75) is 95.1 Å². The SMILES string of the molecule is CCCCC(CC(=O)Nc1cc(CC(=O)O)ccc1C(C)(C)C)c1ccc(S(=O)(=O)C(C)C)cc1OC. The summed E-state index contributed by atoms with van der Waals surface area (Å²) in [6.45, 7) is 11.5. The second-order valence-electron chi connectivity index (χ2n) is 10.8. The first-order valence-corrected chi connectivity index (χ1v) is 14.3. The summed E-state index contributed by atoms with van der Waals surface area (Å²) in [5.74, 6) is -0.851. The van der Waals surface area contributed by atoms with Crippen LogP contribution in [0.15, 0.2) is 41.3 Å². The van der Waals surface area contributed by atoms with E-state index in [1.165, 1.54) is 7.11 Å². The average Bonchev–Trinajstić information content (AvgIpc) is 2.80. The lowest BCUT2D eigenvalue weighted by Gasteiger charge is -2.25. The Bertz CT molecular complexity index is 1210. The minimum atomic E-state index is -3.47. The molecule has 0 aliphatic heterocycles. The van der Waals surface area contributed by atoms with Crippen LogP contribution >= 0.6 is 0 Å². The van der Waals surface area contributed by atoms with Gasteiger partial charge in [-0.05, 0) is 66.5 Å². The fourth-order valence-corrected chi connectivity index (χ4v) is 5.43. The summed E-state index contributed by atoms with van der Waals surface area (Å²) in [6.07, 6.45) is 2.64. The number of carbonyl (C=O) groups excluding carboxylic acids is 1. The number of sulfone groups is 1. The maximum atomic E-state index is 13.3. The van der Waals surface area contributed by atoms with E-state index in [9.17, 15) is 23.1 Å². The fraction of sp³-hybridized carbons (Fsp3) is 0.517. The molecular formula is C29H41NO6S. The lowest BCUT2D eigenvalue weighted by atomic mass is 9.84. The van der Waals surface area contributed by atoms with Gasteiger partial charge in [-0.3, -0.25) is 9.59 Å². The zero-order valence-corrected chi connectivity index (χ0v) is 23.9. The van der Waals surface area contributed by atoms with Gasteiger partial charge in [-0.2, -0.15) is 0 Å². The van der Waals surface area contributed by atoms with Crippen LogP contribution < -0.4 is 10.1 Å². The normalized spacial score (nSPS) is 12.9. The van der Waals surface area contributed by atoms with Gasteiger partial charge in [0.2, 0.25) is 5.91 Å². The fourth-order valence-electron chi connectivity index (χ4n) is 4.35. The summed E-state index contributed by atoms with van der Waals surface area (Å²) in [4.78, 5) is 24.8. The Labute approximate surface area is 221 Å². The molecule has 0 saturated carbocycles. The number of unbranched alkanes of at least 4 members (excludes halogenated alkanes) is 1. The molecule has 1 atom stereocenters. The third-order valence-electron chi connectivity index (χ3n) is 6.45. The highest BCUT2D eigenvalue weighted by molar-refractivity contribution is 7.92. The molecule has 2 aromatic rings. The van der Waals surface area contributed by atoms with Crippen LogP contribution in [-0.4, -0.2) is 37.8 Å². The van der Waals surface area contributed by atoms with Crippen LogP contribution in [0.5, 0.6) is 5.75 Å². The maximum absolute atomic E-state index is 13.3. The highest BCUT2D eigenvalue weighted by atomic mass is 32.2. The van der Waals surface area contributed by atoms with Gasteiger partial charge in [0.25, 0.3) is 0 Å². The van der Waals surface area contributed by atoms with Crippen LogP contribution in [0.2, 0.25) is 0 Å². The minimum absolute atomic E-state index is 0.130. The summed E-state index contributed by atoms with van der Waals surface area (Å²) < 4.78 is 31.0. The quantitative estimate of drug-likeness (QED) is 0.342. The molecule has 0 saturated heterocycles. The molecule has 0 aliphatic carbocycles. The van der Waals surface area contributed by atoms with E-state index in [0.29, 0.717) is 17.0 Å². The first-order valence-electron chi connectivity index (χ1n) is 12.8. The monoisotopic (exact) mass is 531 g/mol. The standard InChI is InChI=1S/C29H41NO6S/c1-8-9-10-21(23-13-12-22(18-26(23)36-7)37(34,35)19(2)3)17-27(31)30-25-15-20(16-28(32)33)11-14-24(25)29(4,5)6/h11-15,18-19,21H,8-10,16-17H2,1-7H3,(H,30,31)(H,32,33). The largest absolute Gasteiger partial charge is 0.496 e. The lowest BCUT2D eigenvalue weighted by Crippen LogP contribution is -2.21. The molecule has 7 nitrogen and oxygen atoms in total. The van der Waals surface area contributed by atoms with Crippen molar-refractivity contribution in [2.75, 3.05) is 12.4 Å². The number of carboxylic acids is 1. The van der Waals surface area contributed by atoms with Gasteiger partial charge in [0.15, 0.2) is 9.84 Å². The number of hydrogen-bond acceptors (Lipinski definition) is 5. The Morgan fingerprint density at radius 3 is 2.30 bits per heavy atom. The van der Waals surface area contributed by atoms with Gasteiger partial charge in [0.1, 0.15) is 5.75 Å². The lowest BCUT2D eigenvalue weighted by molar-refractivity contribution is -0.136. The van der Waals surface area contributed by atoms with Crippen molar-refractivity contribution >= 4 is 27.4 Å². The molecule has 8 heteroatoms. The predicted molar refractivity (Wildman–Crippen MR) is 147 cm³/mol. The number of rotatable bonds is 12. The Kier molecular flexibility index (Phi) is 10.3. The molecule has 0 aromatic heterocycles. The Morgan fingerprint density at radius 1 is 1.08 bits per heavy atom. The molecule has 2 aromatic carbocycles. The van der Waals surface area contributed by atoms with Crippen molar-refractivity contribution in [3.8, 4) is 5.75 Å². The number of nitrogens with one attached hydrogen (secondary N) is 1. The van der Waals surface area contributed by atoms with Gasteiger partial charge in [-0.15, -0.1) is 0 Å². The first kappa shape index (κ1) is 30.4. The highest BCUT2D eigenvalue weighted by Gasteiger charge is 2.26. The van der Waals surface area contributed by atoms with E-state index < -0.39 is 21.1 Å². The van der Waals surface area contributed by atoms with Crippen molar-refractivity contribution in [3.05, 3.63) is 53.1 Å². The number of hydrogen-bond donors (Lipinski definition) is 2. The molecule has 0 aliphatic rings. The van der Waals surface area contributed by atoms with Crippen molar-refractivity contribution < 1.29 is 27.9 Å². The van der Waals surface area contributed by atoms with Crippen LogP contribution in [0.4, 0.5) is 5.69 Å². The molecule has 2 rings (SSSR count). The number of methoxy groups -OCH3 is 1. The van der Waals surface area contributed by atoms with E-state index in [1.54, 1.807) is 44.2 Å². The van der Waals surface area contributed by atoms with Gasteiger partial charge in [0.05, 0.1) is 23.7 Å². The molecule has 0 heterocycles. The van der Waals surface area contributed by atoms with E-state index >= 15 is 0 Å². The summed E-state index contributed by atoms with van der Waals surface area (Å²) in [5, 5.41) is 11.7. The minimum Gasteiger partial charge on any atom is -0.496 e. The molecule has 0 spiro atoms. The Hall–Kier alpha value is -2.87. The van der Waals surface area contributed by atoms with Gasteiger partial charge >= 0.3 is 5.97 Å². The van der Waals surface area contributed by atoms with E-state index in [1.807, 2.05) is 26.8 Å². The number of ether oxygens (including phenoxy) is 1. The molecule has 1 unspecified atom stereocenters. The third kappa shape index (κ3) is 8.06. The Balaban J connectivity index is 2.41. The second kappa shape index (κ2) is 12.6. The molecule has 37 heavy (non-hydrogen) atoms. The molecule has 2 N–H and O–H groups in total. The van der Waals surface area contributed by atoms with E-state index in [0.717, 1.165) is 30.4 Å². The van der Waals surface area contributed by atoms with Gasteiger partial charge in [-0.25, -0.2) is 8.42 Å². The predicted octanol–water partition coefficient (Wildman–Crippen LogP) is 6.10. The molecule has 1 amide bonds. The topological polar surface area (TPSA) is 110 Å². The molecule has 0 bridgehead atoms. The molecular weight excluding hydrogens is 490 g/mol. The molecule has 204 valence electrons. The summed E-state index contributed by atoms with van der Waals surface area (Å²) in [5.41, 5.74) is 2.68. The second-order valence-corrected chi connectivity index (χ2v) is 13.3. The smallest absolute Gasteiger partial charge is 0.307 e. The van der Waals surface area contributed by atoms with Gasteiger partial charge in [0, 0.05) is 12.1 Å². The van der Waals surface area contributed by atoms with Gasteiger partial charge < -0.3 is 15.2 Å². The first-order chi connectivity index (χ1) is 17.2. The zero-order valence-electron chi connectivity index (χ0n) is 23.1. The average molecular weight is 532 g/mol. The van der Waals surface area contributed by atoms with Crippen LogP contribution in [0.1, 0.15) is 89.8 Å². The third-order valence-corrected chi connectivity index (χ3v) is 8.61. The summed E-state index contributed by atoms with van der Waals surface area (Å²) in [7, 11) is -1.96. The number of carbonyl (C=O) groups is 2. The number of aliphatic carboxylic acids is 1. The maximum Gasteiger partial charge on any atom is 0.307 e. The van der Waals surface area contributed by atoms with Crippen molar-refractivity contribution in [2.24, 2.45) is 0 Å². The Morgan fingerprint density at radius 2 is 1.76 bits per heavy atom. The van der Waals surface area contributed by atoms with Crippen molar-refractivity contribution in [3.63, 3.8) is 0 Å². The summed E-state index contributed by atoms with van der Waals surface area (Å²) in [6, 6.07) is 10.3. The number of carboxylic acid groups (broad SMARTS) is 1. The van der Waals surface area contributed by atoms with Crippen molar-refractivity contribution in [1.29, 1.82) is 0 Å². The van der Waals surface area contributed by atoms with Gasteiger partial charge in [-0.1, -0.05) is 58.7 Å². The van der Waals surface area contributed by atoms with E-state index in [2.05, 4.69) is 12.2 Å². The van der Waals surface area contributed by atoms with Crippen LogP contribution in [0.25, 0.3) is 0 Å². The molecule has 0 fully saturated rings. The zero-order chi connectivity index (χ0) is 28.0. The number of amides is 1. The summed E-state index contributed by atoms with van der Waals surface area (Å²) >= 11 is 0. The highest BCUT2D eigenvalue weighted by Crippen LogP contribution is 2.36. The van der Waals surface area contributed by atoms with E-state index in [-0.39, 0.29) is 35.0 Å². The number of anilines is 1. The molecule has 0 radical (unpaired) electrons. The number of benzene rings is 2.